The third-order valence-corrected chi connectivity index (χ3v) is 3.57. The quantitative estimate of drug-likeness (QED) is 0.105. The number of morpholine rings is 1. The van der Waals surface area contributed by atoms with Crippen LogP contribution in [0.2, 0.25) is 0 Å². The van der Waals surface area contributed by atoms with E-state index in [0.29, 0.717) is 18.2 Å². The molecule has 27 heavy (non-hydrogen) atoms. The number of aliphatic hydroxyl groups is 8. The molecule has 1 aromatic rings. The van der Waals surface area contributed by atoms with Gasteiger partial charge in [-0.3, -0.25) is 19.8 Å². The first kappa shape index (κ1) is 20.8. The Bertz CT molecular complexity index is 761. The zero-order valence-electron chi connectivity index (χ0n) is 13.2. The van der Waals surface area contributed by atoms with E-state index in [0.717, 1.165) is 7.11 Å². The van der Waals surface area contributed by atoms with Gasteiger partial charge < -0.3 is 45.6 Å². The number of ether oxygens (including phenoxy) is 2. The van der Waals surface area contributed by atoms with Gasteiger partial charge in [0, 0.05) is 12.1 Å². The average Bonchev–Trinajstić information content (AvgIpc) is 2.51. The van der Waals surface area contributed by atoms with Crippen molar-refractivity contribution in [1.29, 1.82) is 0 Å². The predicted octanol–water partition coefficient (Wildman–Crippen LogP) is -4.23. The summed E-state index contributed by atoms with van der Waals surface area (Å²) < 4.78 is 8.02. The van der Waals surface area contributed by atoms with Crippen molar-refractivity contribution in [2.24, 2.45) is 0 Å². The second kappa shape index (κ2) is 6.02. The minimum Gasteiger partial charge on any atom is -0.465 e. The summed E-state index contributed by atoms with van der Waals surface area (Å²) in [5, 5.41) is 88.9. The number of rotatable bonds is 3. The largest absolute Gasteiger partial charge is 0.465 e. The Kier molecular flexibility index (Phi) is 4.65. The van der Waals surface area contributed by atoms with Crippen LogP contribution in [0.1, 0.15) is 10.4 Å². The molecule has 0 unspecified atom stereocenters. The van der Waals surface area contributed by atoms with Crippen molar-refractivity contribution in [3.63, 3.8) is 0 Å². The lowest BCUT2D eigenvalue weighted by molar-refractivity contribution is -0.606. The summed E-state index contributed by atoms with van der Waals surface area (Å²) in [4.78, 5) is 21.0. The molecule has 0 atom stereocenters. The highest BCUT2D eigenvalue weighted by molar-refractivity contribution is 5.91. The topological polar surface area (TPSA) is 244 Å². The van der Waals surface area contributed by atoms with Crippen molar-refractivity contribution in [2.75, 3.05) is 12.0 Å². The van der Waals surface area contributed by atoms with Crippen molar-refractivity contribution in [1.82, 2.24) is 0 Å². The van der Waals surface area contributed by atoms with Crippen molar-refractivity contribution in [3.05, 3.63) is 33.9 Å². The zero-order chi connectivity index (χ0) is 21.0. The number of benzene rings is 1. The van der Waals surface area contributed by atoms with Crippen LogP contribution in [0.4, 0.5) is 11.4 Å². The minimum absolute atomic E-state index is 0.423. The molecule has 1 fully saturated rings. The van der Waals surface area contributed by atoms with Gasteiger partial charge in [-0.25, -0.2) is 4.79 Å². The predicted molar refractivity (Wildman–Crippen MR) is 76.7 cm³/mol. The number of anilines is 1. The second-order valence-electron chi connectivity index (χ2n) is 5.41. The number of methoxy groups -OCH3 is 1. The summed E-state index contributed by atoms with van der Waals surface area (Å²) in [7, 11) is 0.902. The van der Waals surface area contributed by atoms with E-state index in [4.69, 9.17) is 0 Å². The number of nitro benzene ring substituents is 1. The molecule has 2 rings (SSSR count). The molecule has 0 spiro atoms. The van der Waals surface area contributed by atoms with Gasteiger partial charge in [0.25, 0.3) is 5.69 Å². The molecule has 0 radical (unpaired) electrons. The smallest absolute Gasteiger partial charge is 0.362 e. The molecule has 0 aliphatic carbocycles. The SMILES string of the molecule is COC(=O)c1cc(N2C(O)(O)C(O)(O)OC(O)(O)C2(O)O)cc([N+](=O)[O-])c1. The summed E-state index contributed by atoms with van der Waals surface area (Å²) in [6.45, 7) is 0. The maximum Gasteiger partial charge on any atom is 0.362 e. The highest BCUT2D eigenvalue weighted by Gasteiger charge is 2.74. The highest BCUT2D eigenvalue weighted by atomic mass is 16.9. The molecule has 1 aliphatic heterocycles. The standard InChI is InChI=1S/C12H14N2O13/c1-26-8(15)5-2-6(4-7(3-5)14(24)25)13-9(16,17)11(20,21)27-12(22,23)10(13,18)19/h2-4,16-23H,1H3. The van der Waals surface area contributed by atoms with Gasteiger partial charge in [0.05, 0.1) is 23.3 Å². The van der Waals surface area contributed by atoms with Gasteiger partial charge in [-0.2, -0.15) is 0 Å². The first-order chi connectivity index (χ1) is 12.1. The Morgan fingerprint density at radius 1 is 1.04 bits per heavy atom. The second-order valence-corrected chi connectivity index (χ2v) is 5.41. The molecular formula is C12H14N2O13. The Balaban J connectivity index is 2.81. The zero-order valence-corrected chi connectivity index (χ0v) is 13.2. The number of nitrogens with zero attached hydrogens (tertiary/aromatic N) is 2. The number of non-ortho nitro benzene ring substituents is 1. The number of carbonyl (C=O) groups excluding carboxylic acids is 1. The van der Waals surface area contributed by atoms with E-state index in [9.17, 15) is 55.8 Å². The van der Waals surface area contributed by atoms with Crippen molar-refractivity contribution in [2.45, 2.75) is 23.8 Å². The molecule has 15 heteroatoms. The summed E-state index contributed by atoms with van der Waals surface area (Å²) in [5.41, 5.74) is -2.60. The molecule has 1 aliphatic rings. The average molecular weight is 394 g/mol. The van der Waals surface area contributed by atoms with E-state index in [2.05, 4.69) is 9.47 Å². The van der Waals surface area contributed by atoms with Gasteiger partial charge in [0.1, 0.15) is 0 Å². The highest BCUT2D eigenvalue weighted by Crippen LogP contribution is 2.45. The third kappa shape index (κ3) is 3.08. The molecule has 1 heterocycles. The lowest BCUT2D eigenvalue weighted by Gasteiger charge is -2.55. The van der Waals surface area contributed by atoms with Crippen LogP contribution in [-0.4, -0.2) is 82.6 Å². The van der Waals surface area contributed by atoms with E-state index in [1.807, 2.05) is 0 Å². The van der Waals surface area contributed by atoms with Crippen LogP contribution in [0.25, 0.3) is 0 Å². The van der Waals surface area contributed by atoms with Gasteiger partial charge in [-0.1, -0.05) is 0 Å². The summed E-state index contributed by atoms with van der Waals surface area (Å²) >= 11 is 0. The monoisotopic (exact) mass is 394 g/mol. The van der Waals surface area contributed by atoms with E-state index in [1.165, 1.54) is 0 Å². The summed E-state index contributed by atoms with van der Waals surface area (Å²) in [5.74, 6) is -18.2. The van der Waals surface area contributed by atoms with Crippen LogP contribution >= 0.6 is 0 Å². The van der Waals surface area contributed by atoms with Gasteiger partial charge in [-0.05, 0) is 6.07 Å². The van der Waals surface area contributed by atoms with Crippen LogP contribution in [0.5, 0.6) is 0 Å². The van der Waals surface area contributed by atoms with Crippen LogP contribution < -0.4 is 4.90 Å². The lowest BCUT2D eigenvalue weighted by Crippen LogP contribution is -2.84. The van der Waals surface area contributed by atoms with Crippen molar-refractivity contribution < 1.29 is 60.0 Å². The Hall–Kier alpha value is -2.47. The van der Waals surface area contributed by atoms with E-state index in [1.54, 1.807) is 0 Å². The maximum atomic E-state index is 11.7. The minimum atomic E-state index is -4.26. The normalized spacial score (nSPS) is 22.2. The van der Waals surface area contributed by atoms with Crippen molar-refractivity contribution in [3.8, 4) is 0 Å². The number of nitro groups is 1. The van der Waals surface area contributed by atoms with E-state index >= 15 is 0 Å². The third-order valence-electron chi connectivity index (χ3n) is 3.57. The molecule has 15 nitrogen and oxygen atoms in total. The number of hydrogen-bond acceptors (Lipinski definition) is 14. The molecule has 0 bridgehead atoms. The Morgan fingerprint density at radius 2 is 1.52 bits per heavy atom. The molecule has 0 amide bonds. The van der Waals surface area contributed by atoms with Crippen LogP contribution in [0, 0.1) is 10.1 Å². The molecule has 0 aromatic heterocycles. The van der Waals surface area contributed by atoms with E-state index in [-0.39, 0.29) is 0 Å². The molecule has 150 valence electrons. The van der Waals surface area contributed by atoms with Crippen LogP contribution in [0.3, 0.4) is 0 Å². The Labute approximate surface area is 148 Å². The Morgan fingerprint density at radius 3 is 1.93 bits per heavy atom. The molecule has 0 saturated carbocycles. The molecule has 8 N–H and O–H groups in total. The number of carbonyl (C=O) groups is 1. The molecular weight excluding hydrogens is 380 g/mol. The van der Waals surface area contributed by atoms with Crippen molar-refractivity contribution >= 4 is 17.3 Å². The number of hydrogen-bond donors (Lipinski definition) is 8. The first-order valence-corrected chi connectivity index (χ1v) is 6.76. The van der Waals surface area contributed by atoms with Crippen LogP contribution in [0.15, 0.2) is 18.2 Å². The maximum absolute atomic E-state index is 11.7. The number of esters is 1. The first-order valence-electron chi connectivity index (χ1n) is 6.76. The van der Waals surface area contributed by atoms with Crippen LogP contribution in [-0.2, 0) is 9.47 Å². The molecule has 1 aromatic carbocycles. The fourth-order valence-corrected chi connectivity index (χ4v) is 2.27. The van der Waals surface area contributed by atoms with Gasteiger partial charge in [-0.15, -0.1) is 0 Å². The van der Waals surface area contributed by atoms with E-state index < -0.39 is 56.5 Å². The fraction of sp³-hybridized carbons (Fsp3) is 0.417. The lowest BCUT2D eigenvalue weighted by atomic mass is 10.1. The fourth-order valence-electron chi connectivity index (χ4n) is 2.27. The summed E-state index contributed by atoms with van der Waals surface area (Å²) in [6.07, 6.45) is 0. The van der Waals surface area contributed by atoms with Gasteiger partial charge in [0.2, 0.25) is 0 Å². The van der Waals surface area contributed by atoms with Gasteiger partial charge >= 0.3 is 29.7 Å². The summed E-state index contributed by atoms with van der Waals surface area (Å²) in [6, 6.07) is 1.66. The molecule has 1 saturated heterocycles. The van der Waals surface area contributed by atoms with Gasteiger partial charge in [0.15, 0.2) is 0 Å².